The molecule has 0 bridgehead atoms. The molecule has 2 heteroatoms. The molecule has 0 atom stereocenters. The molecule has 0 saturated carbocycles. The van der Waals surface area contributed by atoms with Crippen molar-refractivity contribution in [3.05, 3.63) is 12.2 Å². The maximum Gasteiger partial charge on any atom is 0.0689 e. The van der Waals surface area contributed by atoms with Crippen LogP contribution in [0.2, 0.25) is 0 Å². The Hall–Kier alpha value is -0.340. The predicted molar refractivity (Wildman–Crippen MR) is 39.3 cm³/mol. The first-order chi connectivity index (χ1) is 4.16. The Balaban J connectivity index is 3.17. The van der Waals surface area contributed by atoms with Crippen LogP contribution in [-0.2, 0) is 4.74 Å². The fourth-order valence-corrected chi connectivity index (χ4v) is 0.343. The molecule has 0 heterocycles. The Labute approximate surface area is 56.7 Å². The van der Waals surface area contributed by atoms with Gasteiger partial charge in [0.25, 0.3) is 0 Å². The van der Waals surface area contributed by atoms with Gasteiger partial charge in [-0.3, -0.25) is 0 Å². The van der Waals surface area contributed by atoms with E-state index in [1.165, 1.54) is 0 Å². The molecule has 0 aromatic carbocycles. The highest BCUT2D eigenvalue weighted by Crippen LogP contribution is 1.92. The zero-order chi connectivity index (χ0) is 7.28. The molecule has 0 aliphatic rings. The molecule has 0 aliphatic heterocycles. The van der Waals surface area contributed by atoms with Crippen molar-refractivity contribution in [2.24, 2.45) is 5.73 Å². The van der Waals surface area contributed by atoms with Gasteiger partial charge in [0, 0.05) is 6.54 Å². The molecule has 2 N–H and O–H groups in total. The maximum absolute atomic E-state index is 5.28. The topological polar surface area (TPSA) is 35.2 Å². The summed E-state index contributed by atoms with van der Waals surface area (Å²) in [6, 6.07) is 0. The van der Waals surface area contributed by atoms with E-state index in [-0.39, 0.29) is 6.10 Å². The summed E-state index contributed by atoms with van der Waals surface area (Å²) in [5.41, 5.74) is 6.23. The average Bonchev–Trinajstić information content (AvgIpc) is 1.83. The largest absolute Gasteiger partial charge is 0.374 e. The summed E-state index contributed by atoms with van der Waals surface area (Å²) in [5, 5.41) is 0. The minimum atomic E-state index is 0.272. The normalized spacial score (nSPS) is 10.2. The quantitative estimate of drug-likeness (QED) is 0.573. The Bertz CT molecular complexity index is 88.9. The van der Waals surface area contributed by atoms with Gasteiger partial charge in [0.1, 0.15) is 0 Å². The van der Waals surface area contributed by atoms with E-state index in [1.54, 1.807) is 0 Å². The molecule has 9 heavy (non-hydrogen) atoms. The summed E-state index contributed by atoms with van der Waals surface area (Å²) in [7, 11) is 0. The predicted octanol–water partition coefficient (Wildman–Crippen LogP) is 0.926. The second kappa shape index (κ2) is 4.53. The van der Waals surface area contributed by atoms with Gasteiger partial charge < -0.3 is 10.5 Å². The highest BCUT2D eigenvalue weighted by molar-refractivity contribution is 4.95. The van der Waals surface area contributed by atoms with Crippen LogP contribution >= 0.6 is 0 Å². The molecule has 0 radical (unpaired) electrons. The van der Waals surface area contributed by atoms with Crippen LogP contribution in [0.4, 0.5) is 0 Å². The third-order valence-corrected chi connectivity index (χ3v) is 0.909. The maximum atomic E-state index is 5.28. The molecule has 2 nitrogen and oxygen atoms in total. The van der Waals surface area contributed by atoms with Crippen LogP contribution in [0.15, 0.2) is 12.2 Å². The SMILES string of the molecule is C=C(CN)COC(C)C. The molecular weight excluding hydrogens is 114 g/mol. The Morgan fingerprint density at radius 2 is 2.22 bits per heavy atom. The molecule has 0 spiro atoms. The minimum absolute atomic E-state index is 0.272. The van der Waals surface area contributed by atoms with Gasteiger partial charge in [-0.25, -0.2) is 0 Å². The number of nitrogens with two attached hydrogens (primary N) is 1. The molecule has 0 aliphatic carbocycles. The van der Waals surface area contributed by atoms with Gasteiger partial charge in [0.2, 0.25) is 0 Å². The van der Waals surface area contributed by atoms with E-state index in [0.29, 0.717) is 13.2 Å². The fraction of sp³-hybridized carbons (Fsp3) is 0.714. The molecule has 0 saturated heterocycles. The van der Waals surface area contributed by atoms with Gasteiger partial charge in [0.15, 0.2) is 0 Å². The number of hydrogen-bond acceptors (Lipinski definition) is 2. The second-order valence-electron chi connectivity index (χ2n) is 2.31. The van der Waals surface area contributed by atoms with Crippen LogP contribution < -0.4 is 5.73 Å². The van der Waals surface area contributed by atoms with E-state index in [4.69, 9.17) is 10.5 Å². The first-order valence-electron chi connectivity index (χ1n) is 3.15. The van der Waals surface area contributed by atoms with Gasteiger partial charge in [0.05, 0.1) is 12.7 Å². The molecule has 0 unspecified atom stereocenters. The van der Waals surface area contributed by atoms with Gasteiger partial charge in [-0.1, -0.05) is 6.58 Å². The lowest BCUT2D eigenvalue weighted by molar-refractivity contribution is 0.0970. The van der Waals surface area contributed by atoms with E-state index < -0.39 is 0 Å². The van der Waals surface area contributed by atoms with Crippen LogP contribution in [-0.4, -0.2) is 19.3 Å². The Morgan fingerprint density at radius 1 is 1.67 bits per heavy atom. The van der Waals surface area contributed by atoms with Gasteiger partial charge in [-0.05, 0) is 19.4 Å². The van der Waals surface area contributed by atoms with Gasteiger partial charge >= 0.3 is 0 Å². The molecule has 0 rings (SSSR count). The lowest BCUT2D eigenvalue weighted by Gasteiger charge is -2.07. The highest BCUT2D eigenvalue weighted by atomic mass is 16.5. The van der Waals surface area contributed by atoms with Crippen molar-refractivity contribution in [2.45, 2.75) is 20.0 Å². The van der Waals surface area contributed by atoms with Crippen molar-refractivity contribution in [1.29, 1.82) is 0 Å². The van der Waals surface area contributed by atoms with E-state index in [1.807, 2.05) is 13.8 Å². The van der Waals surface area contributed by atoms with Crippen molar-refractivity contribution in [1.82, 2.24) is 0 Å². The first-order valence-corrected chi connectivity index (χ1v) is 3.15. The zero-order valence-corrected chi connectivity index (χ0v) is 6.18. The lowest BCUT2D eigenvalue weighted by Crippen LogP contribution is -2.11. The number of hydrogen-bond donors (Lipinski definition) is 1. The van der Waals surface area contributed by atoms with E-state index in [9.17, 15) is 0 Å². The molecular formula is C7H15NO. The third-order valence-electron chi connectivity index (χ3n) is 0.909. The second-order valence-corrected chi connectivity index (χ2v) is 2.31. The van der Waals surface area contributed by atoms with Crippen LogP contribution in [0, 0.1) is 0 Å². The molecule has 0 aromatic rings. The Kier molecular flexibility index (Phi) is 4.36. The summed E-state index contributed by atoms with van der Waals surface area (Å²) >= 11 is 0. The van der Waals surface area contributed by atoms with Gasteiger partial charge in [-0.15, -0.1) is 0 Å². The molecule has 0 aromatic heterocycles. The molecule has 54 valence electrons. The van der Waals surface area contributed by atoms with Crippen LogP contribution in [0.1, 0.15) is 13.8 Å². The van der Waals surface area contributed by atoms with Crippen molar-refractivity contribution in [3.8, 4) is 0 Å². The fourth-order valence-electron chi connectivity index (χ4n) is 0.343. The molecule has 0 amide bonds. The number of ether oxygens (including phenoxy) is 1. The van der Waals surface area contributed by atoms with Crippen molar-refractivity contribution < 1.29 is 4.74 Å². The zero-order valence-electron chi connectivity index (χ0n) is 6.18. The van der Waals surface area contributed by atoms with Crippen molar-refractivity contribution >= 4 is 0 Å². The smallest absolute Gasteiger partial charge is 0.0689 e. The van der Waals surface area contributed by atoms with E-state index in [2.05, 4.69) is 6.58 Å². The first kappa shape index (κ1) is 8.66. The summed E-state index contributed by atoms with van der Waals surface area (Å²) in [4.78, 5) is 0. The highest BCUT2D eigenvalue weighted by Gasteiger charge is 1.93. The van der Waals surface area contributed by atoms with Crippen molar-refractivity contribution in [2.75, 3.05) is 13.2 Å². The third kappa shape index (κ3) is 5.53. The molecule has 0 fully saturated rings. The average molecular weight is 129 g/mol. The van der Waals surface area contributed by atoms with Gasteiger partial charge in [-0.2, -0.15) is 0 Å². The number of rotatable bonds is 4. The van der Waals surface area contributed by atoms with Crippen LogP contribution in [0.3, 0.4) is 0 Å². The summed E-state index contributed by atoms with van der Waals surface area (Å²) < 4.78 is 5.21. The van der Waals surface area contributed by atoms with E-state index in [0.717, 1.165) is 5.57 Å². The summed E-state index contributed by atoms with van der Waals surface area (Å²) in [6.45, 7) is 8.79. The standard InChI is InChI=1S/C7H15NO/c1-6(2)9-5-7(3)4-8/h6H,3-5,8H2,1-2H3. The lowest BCUT2D eigenvalue weighted by atomic mass is 10.3. The van der Waals surface area contributed by atoms with Crippen molar-refractivity contribution in [3.63, 3.8) is 0 Å². The van der Waals surface area contributed by atoms with Crippen LogP contribution in [0.25, 0.3) is 0 Å². The minimum Gasteiger partial charge on any atom is -0.374 e. The summed E-state index contributed by atoms with van der Waals surface area (Å²) in [6.07, 6.45) is 0.272. The Morgan fingerprint density at radius 3 is 2.56 bits per heavy atom. The van der Waals surface area contributed by atoms with E-state index >= 15 is 0 Å². The monoisotopic (exact) mass is 129 g/mol. The van der Waals surface area contributed by atoms with Crippen LogP contribution in [0.5, 0.6) is 0 Å². The summed E-state index contributed by atoms with van der Waals surface area (Å²) in [5.74, 6) is 0.